The molecule has 10 heteroatoms. The van der Waals surface area contributed by atoms with Gasteiger partial charge in [-0.05, 0) is 68.7 Å². The first-order chi connectivity index (χ1) is 17.6. The number of ether oxygens (including phenoxy) is 1. The first-order valence-corrected chi connectivity index (χ1v) is 14.9. The average molecular weight is 550 g/mol. The van der Waals surface area contributed by atoms with Crippen LogP contribution < -0.4 is 14.4 Å². The Kier molecular flexibility index (Phi) is 10.2. The van der Waals surface area contributed by atoms with E-state index < -0.39 is 28.5 Å². The highest BCUT2D eigenvalue weighted by atomic mass is 35.5. The quantitative estimate of drug-likeness (QED) is 0.449. The van der Waals surface area contributed by atoms with Crippen LogP contribution in [0.3, 0.4) is 0 Å². The first-order valence-electron chi connectivity index (χ1n) is 12.6. The number of rotatable bonds is 11. The summed E-state index contributed by atoms with van der Waals surface area (Å²) in [5.41, 5.74) is 1.08. The summed E-state index contributed by atoms with van der Waals surface area (Å²) in [4.78, 5) is 28.3. The predicted molar refractivity (Wildman–Crippen MR) is 146 cm³/mol. The molecule has 2 aromatic rings. The molecule has 0 aliphatic heterocycles. The van der Waals surface area contributed by atoms with Gasteiger partial charge in [0.2, 0.25) is 21.8 Å². The lowest BCUT2D eigenvalue weighted by molar-refractivity contribution is -0.139. The summed E-state index contributed by atoms with van der Waals surface area (Å²) in [7, 11) is -3.80. The smallest absolute Gasteiger partial charge is 0.244 e. The Labute approximate surface area is 225 Å². The third-order valence-electron chi connectivity index (χ3n) is 6.48. The zero-order valence-corrected chi connectivity index (χ0v) is 23.2. The topological polar surface area (TPSA) is 96.0 Å². The summed E-state index contributed by atoms with van der Waals surface area (Å²) >= 11 is 6.16. The first kappa shape index (κ1) is 28.8. The number of halogens is 1. The van der Waals surface area contributed by atoms with Gasteiger partial charge in [-0.2, -0.15) is 0 Å². The Morgan fingerprint density at radius 2 is 1.78 bits per heavy atom. The number of anilines is 1. The highest BCUT2D eigenvalue weighted by Crippen LogP contribution is 2.23. The van der Waals surface area contributed by atoms with E-state index in [1.54, 1.807) is 49.4 Å². The lowest BCUT2D eigenvalue weighted by atomic mass is 9.95. The summed E-state index contributed by atoms with van der Waals surface area (Å²) in [6.45, 7) is 3.67. The van der Waals surface area contributed by atoms with Gasteiger partial charge >= 0.3 is 0 Å². The van der Waals surface area contributed by atoms with Crippen LogP contribution in [0, 0.1) is 0 Å². The number of benzene rings is 2. The van der Waals surface area contributed by atoms with Gasteiger partial charge in [0.25, 0.3) is 0 Å². The lowest BCUT2D eigenvalue weighted by Crippen LogP contribution is -2.52. The van der Waals surface area contributed by atoms with Gasteiger partial charge in [0.05, 0.1) is 18.6 Å². The van der Waals surface area contributed by atoms with Crippen molar-refractivity contribution in [3.63, 3.8) is 0 Å². The molecule has 0 radical (unpaired) electrons. The van der Waals surface area contributed by atoms with Crippen LogP contribution in [0.1, 0.15) is 51.5 Å². The van der Waals surface area contributed by atoms with Crippen LogP contribution in [0.5, 0.6) is 5.75 Å². The molecule has 1 atom stereocenters. The second-order valence-corrected chi connectivity index (χ2v) is 11.7. The summed E-state index contributed by atoms with van der Waals surface area (Å²) < 4.78 is 31.9. The van der Waals surface area contributed by atoms with Crippen molar-refractivity contribution in [2.75, 3.05) is 23.7 Å². The van der Waals surface area contributed by atoms with Gasteiger partial charge < -0.3 is 15.0 Å². The Hall–Kier alpha value is -2.78. The Morgan fingerprint density at radius 3 is 2.38 bits per heavy atom. The molecule has 0 saturated heterocycles. The molecular formula is C27H36ClN3O5S. The van der Waals surface area contributed by atoms with E-state index in [2.05, 4.69) is 5.32 Å². The van der Waals surface area contributed by atoms with E-state index in [1.165, 1.54) is 4.90 Å². The molecule has 1 aliphatic carbocycles. The Morgan fingerprint density at radius 1 is 1.11 bits per heavy atom. The minimum atomic E-state index is -3.80. The molecule has 0 aromatic heterocycles. The summed E-state index contributed by atoms with van der Waals surface area (Å²) in [5.74, 6) is -0.151. The highest BCUT2D eigenvalue weighted by Gasteiger charge is 2.31. The number of sulfonamides is 1. The Bertz CT molecular complexity index is 1170. The number of nitrogens with zero attached hydrogens (tertiary/aromatic N) is 2. The average Bonchev–Trinajstić information content (AvgIpc) is 2.86. The van der Waals surface area contributed by atoms with E-state index >= 15 is 0 Å². The van der Waals surface area contributed by atoms with Crippen LogP contribution >= 0.6 is 11.6 Å². The third-order valence-corrected chi connectivity index (χ3v) is 7.85. The molecule has 0 unspecified atom stereocenters. The van der Waals surface area contributed by atoms with Crippen LogP contribution in [0.25, 0.3) is 0 Å². The molecular weight excluding hydrogens is 514 g/mol. The lowest BCUT2D eigenvalue weighted by Gasteiger charge is -2.33. The molecule has 2 amide bonds. The predicted octanol–water partition coefficient (Wildman–Crippen LogP) is 4.37. The van der Waals surface area contributed by atoms with E-state index in [0.29, 0.717) is 23.1 Å². The van der Waals surface area contributed by atoms with Crippen LogP contribution in [0.2, 0.25) is 5.02 Å². The SMILES string of the molecule is CCOc1ccc(N(CC(=O)N(Cc2cccc(Cl)c2)[C@@H](C)C(=O)NC2CCCCC2)S(C)(=O)=O)cc1. The fraction of sp³-hybridized carbons (Fsp3) is 0.481. The highest BCUT2D eigenvalue weighted by molar-refractivity contribution is 7.92. The molecule has 37 heavy (non-hydrogen) atoms. The second-order valence-electron chi connectivity index (χ2n) is 9.37. The molecule has 1 saturated carbocycles. The number of hydrogen-bond donors (Lipinski definition) is 1. The maximum atomic E-state index is 13.7. The van der Waals surface area contributed by atoms with E-state index in [-0.39, 0.29) is 18.5 Å². The van der Waals surface area contributed by atoms with Gasteiger partial charge in [-0.25, -0.2) is 8.42 Å². The maximum Gasteiger partial charge on any atom is 0.244 e. The molecule has 3 rings (SSSR count). The van der Waals surface area contributed by atoms with Crippen molar-refractivity contribution in [1.29, 1.82) is 0 Å². The van der Waals surface area contributed by atoms with Crippen LogP contribution in [-0.2, 0) is 26.2 Å². The number of hydrogen-bond acceptors (Lipinski definition) is 5. The monoisotopic (exact) mass is 549 g/mol. The molecule has 1 N–H and O–H groups in total. The van der Waals surface area contributed by atoms with Gasteiger partial charge in [-0.3, -0.25) is 13.9 Å². The molecule has 2 aromatic carbocycles. The number of carbonyl (C=O) groups excluding carboxylic acids is 2. The van der Waals surface area contributed by atoms with Gasteiger partial charge in [-0.15, -0.1) is 0 Å². The van der Waals surface area contributed by atoms with Crippen LogP contribution in [0.15, 0.2) is 48.5 Å². The number of amides is 2. The standard InChI is InChI=1S/C27H36ClN3O5S/c1-4-36-25-15-13-24(14-16-25)31(37(3,34)35)19-26(32)30(18-21-9-8-10-22(28)17-21)20(2)27(33)29-23-11-6-5-7-12-23/h8-10,13-17,20,23H,4-7,11-12,18-19H2,1-3H3,(H,29,33)/t20-/m0/s1. The van der Waals surface area contributed by atoms with E-state index in [9.17, 15) is 18.0 Å². The van der Waals surface area contributed by atoms with Crippen molar-refractivity contribution in [2.45, 2.75) is 64.6 Å². The number of nitrogens with one attached hydrogen (secondary N) is 1. The maximum absolute atomic E-state index is 13.7. The molecule has 202 valence electrons. The molecule has 0 spiro atoms. The normalized spacial score (nSPS) is 15.0. The molecule has 1 fully saturated rings. The van der Waals surface area contributed by atoms with Crippen molar-refractivity contribution >= 4 is 39.1 Å². The summed E-state index contributed by atoms with van der Waals surface area (Å²) in [5, 5.41) is 3.59. The van der Waals surface area contributed by atoms with E-state index in [1.807, 2.05) is 13.0 Å². The largest absolute Gasteiger partial charge is 0.494 e. The third kappa shape index (κ3) is 8.36. The van der Waals surface area contributed by atoms with E-state index in [4.69, 9.17) is 16.3 Å². The molecule has 0 heterocycles. The zero-order chi connectivity index (χ0) is 27.0. The zero-order valence-electron chi connectivity index (χ0n) is 21.7. The van der Waals surface area contributed by atoms with E-state index in [0.717, 1.165) is 48.2 Å². The minimum Gasteiger partial charge on any atom is -0.494 e. The summed E-state index contributed by atoms with van der Waals surface area (Å²) in [6, 6.07) is 12.8. The van der Waals surface area contributed by atoms with Gasteiger partial charge in [0.15, 0.2) is 0 Å². The van der Waals surface area contributed by atoms with Crippen molar-refractivity contribution in [1.82, 2.24) is 10.2 Å². The van der Waals surface area contributed by atoms with Crippen LogP contribution in [-0.4, -0.2) is 56.6 Å². The fourth-order valence-corrected chi connectivity index (χ4v) is 5.53. The van der Waals surface area contributed by atoms with Gasteiger partial charge in [0, 0.05) is 17.6 Å². The molecule has 1 aliphatic rings. The van der Waals surface area contributed by atoms with Crippen molar-refractivity contribution in [2.24, 2.45) is 0 Å². The van der Waals surface area contributed by atoms with Crippen molar-refractivity contribution in [3.05, 3.63) is 59.1 Å². The van der Waals surface area contributed by atoms with Gasteiger partial charge in [-0.1, -0.05) is 43.0 Å². The van der Waals surface area contributed by atoms with Crippen molar-refractivity contribution < 1.29 is 22.7 Å². The minimum absolute atomic E-state index is 0.0863. The summed E-state index contributed by atoms with van der Waals surface area (Å²) in [6.07, 6.45) is 6.18. The second kappa shape index (κ2) is 13.1. The molecule has 0 bridgehead atoms. The fourth-order valence-electron chi connectivity index (χ4n) is 4.47. The Balaban J connectivity index is 1.85. The van der Waals surface area contributed by atoms with Crippen molar-refractivity contribution in [3.8, 4) is 5.75 Å². The van der Waals surface area contributed by atoms with Gasteiger partial charge in [0.1, 0.15) is 18.3 Å². The van der Waals surface area contributed by atoms with Crippen LogP contribution in [0.4, 0.5) is 5.69 Å². The number of carbonyl (C=O) groups is 2. The molecule has 8 nitrogen and oxygen atoms in total.